The van der Waals surface area contributed by atoms with Crippen molar-refractivity contribution in [2.75, 3.05) is 18.0 Å². The molecule has 0 atom stereocenters. The number of alkyl carbamates (subject to hydrolysis) is 1. The number of nitrogens with one attached hydrogen (secondary N) is 1. The number of fused-ring (bicyclic) bond motifs is 1. The summed E-state index contributed by atoms with van der Waals surface area (Å²) < 4.78 is 8.01. The Morgan fingerprint density at radius 1 is 1.31 bits per heavy atom. The highest BCUT2D eigenvalue weighted by molar-refractivity contribution is 9.10. The fraction of sp³-hybridized carbons (Fsp3) is 0.647. The summed E-state index contributed by atoms with van der Waals surface area (Å²) in [6, 6.07) is 0. The molecule has 26 heavy (non-hydrogen) atoms. The molecule has 1 aliphatic heterocycles. The Balaban J connectivity index is 1.68. The van der Waals surface area contributed by atoms with Gasteiger partial charge in [0.25, 0.3) is 0 Å². The first kappa shape index (κ1) is 18.9. The molecule has 142 valence electrons. The van der Waals surface area contributed by atoms with Crippen LogP contribution in [0.25, 0.3) is 11.3 Å². The number of imidazole rings is 1. The number of hydrogen-bond acceptors (Lipinski definition) is 6. The van der Waals surface area contributed by atoms with Gasteiger partial charge in [0, 0.05) is 25.7 Å². The van der Waals surface area contributed by atoms with Crippen molar-refractivity contribution in [2.24, 2.45) is 7.05 Å². The molecule has 0 radical (unpaired) electrons. The molecule has 1 N–H and O–H groups in total. The largest absolute Gasteiger partial charge is 0.444 e. The first-order valence-electron chi connectivity index (χ1n) is 8.67. The van der Waals surface area contributed by atoms with Gasteiger partial charge in [-0.2, -0.15) is 4.98 Å². The van der Waals surface area contributed by atoms with Gasteiger partial charge in [0.1, 0.15) is 10.2 Å². The summed E-state index contributed by atoms with van der Waals surface area (Å²) in [7, 11) is 1.94. The van der Waals surface area contributed by atoms with E-state index in [0.29, 0.717) is 10.3 Å². The minimum absolute atomic E-state index is 0.289. The highest BCUT2D eigenvalue weighted by Crippen LogP contribution is 2.27. The predicted octanol–water partition coefficient (Wildman–Crippen LogP) is 3.01. The standard InChI is InChI=1S/C17H25BrN6O2/c1-16(2,3)26-15(25)22-17(4)6-8-24(9-7-17)14-21-12-13(23(14)5)19-10-11(18)20-12/h10H,6-9H2,1-5H3,(H,22,25). The van der Waals surface area contributed by atoms with Crippen LogP contribution in [-0.4, -0.2) is 49.8 Å². The monoisotopic (exact) mass is 424 g/mol. The molecule has 9 heteroatoms. The minimum Gasteiger partial charge on any atom is -0.444 e. The lowest BCUT2D eigenvalue weighted by atomic mass is 9.90. The third kappa shape index (κ3) is 4.08. The van der Waals surface area contributed by atoms with Gasteiger partial charge in [-0.15, -0.1) is 0 Å². The van der Waals surface area contributed by atoms with Gasteiger partial charge in [-0.25, -0.2) is 14.8 Å². The molecule has 0 bridgehead atoms. The average Bonchev–Trinajstić information content (AvgIpc) is 2.82. The summed E-state index contributed by atoms with van der Waals surface area (Å²) >= 11 is 3.33. The highest BCUT2D eigenvalue weighted by Gasteiger charge is 2.34. The molecule has 1 amide bonds. The Bertz CT molecular complexity index is 821. The van der Waals surface area contributed by atoms with Crippen LogP contribution < -0.4 is 10.2 Å². The van der Waals surface area contributed by atoms with E-state index in [1.807, 2.05) is 32.4 Å². The summed E-state index contributed by atoms with van der Waals surface area (Å²) in [5, 5.41) is 3.03. The van der Waals surface area contributed by atoms with Crippen LogP contribution in [0.1, 0.15) is 40.5 Å². The van der Waals surface area contributed by atoms with E-state index < -0.39 is 5.60 Å². The zero-order chi connectivity index (χ0) is 19.1. The zero-order valence-corrected chi connectivity index (χ0v) is 17.4. The van der Waals surface area contributed by atoms with E-state index in [9.17, 15) is 4.79 Å². The Morgan fingerprint density at radius 2 is 1.96 bits per heavy atom. The Kier molecular flexibility index (Phi) is 4.85. The third-order valence-corrected chi connectivity index (χ3v) is 4.86. The molecule has 1 saturated heterocycles. The third-order valence-electron chi connectivity index (χ3n) is 4.48. The fourth-order valence-electron chi connectivity index (χ4n) is 3.09. The van der Waals surface area contributed by atoms with E-state index in [2.05, 4.69) is 48.0 Å². The number of amides is 1. The molecule has 1 fully saturated rings. The number of carbonyl (C=O) groups excluding carboxylic acids is 1. The van der Waals surface area contributed by atoms with Crippen molar-refractivity contribution in [2.45, 2.75) is 51.7 Å². The van der Waals surface area contributed by atoms with Gasteiger partial charge in [-0.1, -0.05) is 0 Å². The van der Waals surface area contributed by atoms with Gasteiger partial charge in [-0.05, 0) is 56.5 Å². The second-order valence-corrected chi connectivity index (χ2v) is 8.80. The van der Waals surface area contributed by atoms with Crippen molar-refractivity contribution < 1.29 is 9.53 Å². The summed E-state index contributed by atoms with van der Waals surface area (Å²) in [5.41, 5.74) is 0.589. The van der Waals surface area contributed by atoms with E-state index in [4.69, 9.17) is 4.74 Å². The Morgan fingerprint density at radius 3 is 2.58 bits per heavy atom. The molecule has 2 aromatic rings. The molecule has 0 aromatic carbocycles. The molecule has 2 aromatic heterocycles. The molecular weight excluding hydrogens is 400 g/mol. The van der Waals surface area contributed by atoms with Crippen molar-refractivity contribution in [1.29, 1.82) is 0 Å². The maximum Gasteiger partial charge on any atom is 0.408 e. The summed E-state index contributed by atoms with van der Waals surface area (Å²) in [5.74, 6) is 0.845. The van der Waals surface area contributed by atoms with Crippen LogP contribution in [0.5, 0.6) is 0 Å². The van der Waals surface area contributed by atoms with Crippen molar-refractivity contribution in [3.63, 3.8) is 0 Å². The predicted molar refractivity (Wildman–Crippen MR) is 103 cm³/mol. The van der Waals surface area contributed by atoms with Gasteiger partial charge in [0.05, 0.1) is 6.20 Å². The molecular formula is C17H25BrN6O2. The number of piperidine rings is 1. The lowest BCUT2D eigenvalue weighted by Gasteiger charge is -2.40. The zero-order valence-electron chi connectivity index (χ0n) is 15.8. The SMILES string of the molecule is Cn1c(N2CCC(C)(NC(=O)OC(C)(C)C)CC2)nc2nc(Br)cnc21. The molecule has 0 spiro atoms. The van der Waals surface area contributed by atoms with Gasteiger partial charge in [-0.3, -0.25) is 4.57 Å². The average molecular weight is 425 g/mol. The van der Waals surface area contributed by atoms with E-state index in [1.54, 1.807) is 6.20 Å². The lowest BCUT2D eigenvalue weighted by Crippen LogP contribution is -2.54. The van der Waals surface area contributed by atoms with Crippen molar-refractivity contribution in [1.82, 2.24) is 24.8 Å². The van der Waals surface area contributed by atoms with E-state index in [-0.39, 0.29) is 11.6 Å². The summed E-state index contributed by atoms with van der Waals surface area (Å²) in [6.45, 7) is 9.22. The minimum atomic E-state index is -0.498. The first-order valence-corrected chi connectivity index (χ1v) is 9.47. The molecule has 8 nitrogen and oxygen atoms in total. The van der Waals surface area contributed by atoms with Crippen molar-refractivity contribution in [3.8, 4) is 0 Å². The van der Waals surface area contributed by atoms with Crippen molar-refractivity contribution >= 4 is 39.3 Å². The van der Waals surface area contributed by atoms with Gasteiger partial charge in [0.15, 0.2) is 11.3 Å². The van der Waals surface area contributed by atoms with E-state index in [0.717, 1.165) is 37.5 Å². The summed E-state index contributed by atoms with van der Waals surface area (Å²) in [4.78, 5) is 27.7. The fourth-order valence-corrected chi connectivity index (χ4v) is 3.36. The van der Waals surface area contributed by atoms with E-state index >= 15 is 0 Å². The van der Waals surface area contributed by atoms with Crippen LogP contribution in [0.15, 0.2) is 10.8 Å². The van der Waals surface area contributed by atoms with Crippen LogP contribution in [0.3, 0.4) is 0 Å². The maximum atomic E-state index is 12.1. The number of hydrogen-bond donors (Lipinski definition) is 1. The van der Waals surface area contributed by atoms with Crippen LogP contribution in [0, 0.1) is 0 Å². The number of anilines is 1. The van der Waals surface area contributed by atoms with Crippen LogP contribution in [-0.2, 0) is 11.8 Å². The number of carbonyl (C=O) groups is 1. The Hall–Kier alpha value is -1.90. The number of halogens is 1. The number of rotatable bonds is 2. The number of nitrogens with zero attached hydrogens (tertiary/aromatic N) is 5. The number of aryl methyl sites for hydroxylation is 1. The lowest BCUT2D eigenvalue weighted by molar-refractivity contribution is 0.0448. The van der Waals surface area contributed by atoms with Gasteiger partial charge < -0.3 is 15.0 Å². The summed E-state index contributed by atoms with van der Waals surface area (Å²) in [6.07, 6.45) is 2.92. The topological polar surface area (TPSA) is 85.2 Å². The second-order valence-electron chi connectivity index (χ2n) is 7.99. The molecule has 0 unspecified atom stereocenters. The van der Waals surface area contributed by atoms with Crippen molar-refractivity contribution in [3.05, 3.63) is 10.8 Å². The quantitative estimate of drug-likeness (QED) is 0.797. The highest BCUT2D eigenvalue weighted by atomic mass is 79.9. The molecule has 3 rings (SSSR count). The van der Waals surface area contributed by atoms with Gasteiger partial charge >= 0.3 is 6.09 Å². The van der Waals surface area contributed by atoms with Crippen LogP contribution >= 0.6 is 15.9 Å². The molecule has 0 aliphatic carbocycles. The smallest absolute Gasteiger partial charge is 0.408 e. The van der Waals surface area contributed by atoms with Gasteiger partial charge in [0.2, 0.25) is 5.95 Å². The van der Waals surface area contributed by atoms with E-state index in [1.165, 1.54) is 0 Å². The molecule has 0 saturated carbocycles. The second kappa shape index (κ2) is 6.68. The number of aromatic nitrogens is 4. The Labute approximate surface area is 161 Å². The normalized spacial score (nSPS) is 17.4. The molecule has 3 heterocycles. The first-order chi connectivity index (χ1) is 12.1. The molecule has 1 aliphatic rings. The van der Waals surface area contributed by atoms with Crippen LogP contribution in [0.4, 0.5) is 10.7 Å². The maximum absolute atomic E-state index is 12.1. The number of ether oxygens (including phenoxy) is 1. The van der Waals surface area contributed by atoms with Crippen LogP contribution in [0.2, 0.25) is 0 Å².